The first-order valence-corrected chi connectivity index (χ1v) is 7.75. The van der Waals surface area contributed by atoms with E-state index in [9.17, 15) is 5.11 Å². The van der Waals surface area contributed by atoms with Crippen LogP contribution in [0.4, 0.5) is 0 Å². The fourth-order valence-corrected chi connectivity index (χ4v) is 3.71. The highest BCUT2D eigenvalue weighted by molar-refractivity contribution is 5.34. The Morgan fingerprint density at radius 1 is 1.35 bits per heavy atom. The Morgan fingerprint density at radius 3 is 2.65 bits per heavy atom. The highest BCUT2D eigenvalue weighted by atomic mass is 16.5. The molecule has 0 amide bonds. The van der Waals surface area contributed by atoms with Crippen molar-refractivity contribution < 1.29 is 9.84 Å². The predicted molar refractivity (Wildman–Crippen MR) is 83.0 cm³/mol. The second-order valence-corrected chi connectivity index (χ2v) is 7.02. The van der Waals surface area contributed by atoms with Gasteiger partial charge in [-0.05, 0) is 54.6 Å². The lowest BCUT2D eigenvalue weighted by Crippen LogP contribution is -2.38. The second-order valence-electron chi connectivity index (χ2n) is 7.02. The Bertz CT molecular complexity index is 441. The van der Waals surface area contributed by atoms with Gasteiger partial charge in [-0.2, -0.15) is 0 Å². The van der Waals surface area contributed by atoms with Crippen molar-refractivity contribution in [3.63, 3.8) is 0 Å². The molecule has 2 heteroatoms. The fourth-order valence-electron chi connectivity index (χ4n) is 3.71. The number of hydrogen-bond donors (Lipinski definition) is 1. The topological polar surface area (TPSA) is 29.5 Å². The highest BCUT2D eigenvalue weighted by Crippen LogP contribution is 2.44. The summed E-state index contributed by atoms with van der Waals surface area (Å²) >= 11 is 0. The van der Waals surface area contributed by atoms with E-state index in [-0.39, 0.29) is 11.5 Å². The zero-order valence-electron chi connectivity index (χ0n) is 13.2. The molecule has 2 rings (SSSR count). The van der Waals surface area contributed by atoms with Crippen LogP contribution in [0.5, 0.6) is 5.75 Å². The van der Waals surface area contributed by atoms with Crippen LogP contribution in [0.3, 0.4) is 0 Å². The number of methoxy groups -OCH3 is 1. The molecule has 1 saturated carbocycles. The molecule has 1 aliphatic rings. The molecule has 1 fully saturated rings. The molecule has 1 aliphatic carbocycles. The fraction of sp³-hybridized carbons (Fsp3) is 0.667. The van der Waals surface area contributed by atoms with Crippen molar-refractivity contribution in [3.8, 4) is 5.75 Å². The van der Waals surface area contributed by atoms with Crippen molar-refractivity contribution in [2.75, 3.05) is 7.11 Å². The Hall–Kier alpha value is -1.02. The first kappa shape index (κ1) is 15.4. The monoisotopic (exact) mass is 276 g/mol. The van der Waals surface area contributed by atoms with Gasteiger partial charge in [0.1, 0.15) is 5.75 Å². The third-order valence-corrected chi connectivity index (χ3v) is 4.94. The lowest BCUT2D eigenvalue weighted by atomic mass is 9.65. The van der Waals surface area contributed by atoms with Gasteiger partial charge in [0.15, 0.2) is 0 Å². The average molecular weight is 276 g/mol. The van der Waals surface area contributed by atoms with Crippen molar-refractivity contribution in [2.24, 2.45) is 17.3 Å². The summed E-state index contributed by atoms with van der Waals surface area (Å²) < 4.78 is 5.46. The van der Waals surface area contributed by atoms with E-state index in [0.717, 1.165) is 25.0 Å². The van der Waals surface area contributed by atoms with E-state index in [2.05, 4.69) is 32.9 Å². The number of rotatable bonds is 4. The van der Waals surface area contributed by atoms with Gasteiger partial charge < -0.3 is 9.84 Å². The molecular formula is C18H28O2. The molecule has 20 heavy (non-hydrogen) atoms. The third-order valence-electron chi connectivity index (χ3n) is 4.94. The van der Waals surface area contributed by atoms with E-state index in [0.29, 0.717) is 11.8 Å². The van der Waals surface area contributed by atoms with Gasteiger partial charge in [0.25, 0.3) is 0 Å². The van der Waals surface area contributed by atoms with Gasteiger partial charge in [-0.25, -0.2) is 0 Å². The smallest absolute Gasteiger partial charge is 0.122 e. The first-order chi connectivity index (χ1) is 9.45. The van der Waals surface area contributed by atoms with Gasteiger partial charge in [0, 0.05) is 0 Å². The normalized spacial score (nSPS) is 30.5. The lowest BCUT2D eigenvalue weighted by Gasteiger charge is -2.42. The van der Waals surface area contributed by atoms with Crippen LogP contribution in [0.1, 0.15) is 45.6 Å². The van der Waals surface area contributed by atoms with Crippen LogP contribution >= 0.6 is 0 Å². The molecule has 3 atom stereocenters. The molecule has 2 unspecified atom stereocenters. The summed E-state index contributed by atoms with van der Waals surface area (Å²) in [5, 5.41) is 10.4. The molecule has 0 radical (unpaired) electrons. The number of hydrogen-bond acceptors (Lipinski definition) is 2. The Kier molecular flexibility index (Phi) is 4.74. The number of benzene rings is 1. The van der Waals surface area contributed by atoms with Gasteiger partial charge in [-0.15, -0.1) is 0 Å². The molecule has 112 valence electrons. The minimum Gasteiger partial charge on any atom is -0.496 e. The predicted octanol–water partition coefficient (Wildman–Crippen LogP) is 4.06. The number of para-hydroxylation sites is 1. The van der Waals surface area contributed by atoms with Crippen molar-refractivity contribution >= 4 is 0 Å². The average Bonchev–Trinajstić information content (AvgIpc) is 2.38. The summed E-state index contributed by atoms with van der Waals surface area (Å²) in [4.78, 5) is 0. The summed E-state index contributed by atoms with van der Waals surface area (Å²) in [6, 6.07) is 8.24. The van der Waals surface area contributed by atoms with Gasteiger partial charge in [-0.3, -0.25) is 0 Å². The van der Waals surface area contributed by atoms with Crippen molar-refractivity contribution in [1.29, 1.82) is 0 Å². The minimum absolute atomic E-state index is 0.163. The summed E-state index contributed by atoms with van der Waals surface area (Å²) in [5.74, 6) is 2.00. The van der Waals surface area contributed by atoms with Crippen LogP contribution in [-0.4, -0.2) is 18.3 Å². The summed E-state index contributed by atoms with van der Waals surface area (Å²) in [7, 11) is 1.73. The Labute approximate surface area is 123 Å². The third kappa shape index (κ3) is 3.35. The van der Waals surface area contributed by atoms with Gasteiger partial charge >= 0.3 is 0 Å². The maximum Gasteiger partial charge on any atom is 0.122 e. The van der Waals surface area contributed by atoms with Gasteiger partial charge in [0.05, 0.1) is 13.2 Å². The number of ether oxygens (including phenoxy) is 1. The standard InChI is InChI=1S/C18H28O2/c1-13(2)15-9-10-18(3,12-16(15)19)11-14-7-5-6-8-17(14)20-4/h5-8,13,15-16,19H,9-12H2,1-4H3/t15?,16?,18-/m1/s1. The van der Waals surface area contributed by atoms with Crippen molar-refractivity contribution in [2.45, 2.75) is 52.6 Å². The maximum absolute atomic E-state index is 10.4. The zero-order valence-corrected chi connectivity index (χ0v) is 13.2. The Balaban J connectivity index is 2.09. The number of aliphatic hydroxyl groups excluding tert-OH is 1. The molecule has 0 aliphatic heterocycles. The highest BCUT2D eigenvalue weighted by Gasteiger charge is 2.38. The van der Waals surface area contributed by atoms with Crippen molar-refractivity contribution in [3.05, 3.63) is 29.8 Å². The van der Waals surface area contributed by atoms with Crippen LogP contribution in [-0.2, 0) is 6.42 Å². The van der Waals surface area contributed by atoms with Crippen molar-refractivity contribution in [1.82, 2.24) is 0 Å². The molecule has 1 aromatic rings. The van der Waals surface area contributed by atoms with E-state index in [1.807, 2.05) is 12.1 Å². The van der Waals surface area contributed by atoms with Crippen LogP contribution in [0, 0.1) is 17.3 Å². The molecule has 2 nitrogen and oxygen atoms in total. The molecule has 0 saturated heterocycles. The van der Waals surface area contributed by atoms with E-state index in [4.69, 9.17) is 4.74 Å². The first-order valence-electron chi connectivity index (χ1n) is 7.75. The SMILES string of the molecule is COc1ccccc1C[C@@]1(C)CCC(C(C)C)C(O)C1. The van der Waals surface area contributed by atoms with Crippen LogP contribution in [0.2, 0.25) is 0 Å². The molecule has 0 spiro atoms. The lowest BCUT2D eigenvalue weighted by molar-refractivity contribution is -0.01000. The van der Waals surface area contributed by atoms with Gasteiger partial charge in [-0.1, -0.05) is 39.0 Å². The van der Waals surface area contributed by atoms with E-state index < -0.39 is 0 Å². The molecule has 0 aromatic heterocycles. The quantitative estimate of drug-likeness (QED) is 0.898. The summed E-state index contributed by atoms with van der Waals surface area (Å²) in [6.45, 7) is 6.74. The van der Waals surface area contributed by atoms with E-state index >= 15 is 0 Å². The maximum atomic E-state index is 10.4. The zero-order chi connectivity index (χ0) is 14.8. The number of aliphatic hydroxyl groups is 1. The largest absolute Gasteiger partial charge is 0.496 e. The van der Waals surface area contributed by atoms with E-state index in [1.54, 1.807) is 7.11 Å². The van der Waals surface area contributed by atoms with Crippen LogP contribution in [0.15, 0.2) is 24.3 Å². The molecule has 0 bridgehead atoms. The van der Waals surface area contributed by atoms with Gasteiger partial charge in [0.2, 0.25) is 0 Å². The van der Waals surface area contributed by atoms with E-state index in [1.165, 1.54) is 12.0 Å². The minimum atomic E-state index is -0.163. The molecule has 0 heterocycles. The Morgan fingerprint density at radius 2 is 2.05 bits per heavy atom. The molecule has 1 aromatic carbocycles. The molecule has 1 N–H and O–H groups in total. The summed E-state index contributed by atoms with van der Waals surface area (Å²) in [6.07, 6.45) is 4.03. The van der Waals surface area contributed by atoms with Crippen LogP contribution in [0.25, 0.3) is 0 Å². The summed E-state index contributed by atoms with van der Waals surface area (Å²) in [5.41, 5.74) is 1.44. The second kappa shape index (κ2) is 6.17. The molecular weight excluding hydrogens is 248 g/mol. The van der Waals surface area contributed by atoms with Crippen LogP contribution < -0.4 is 4.74 Å².